The summed E-state index contributed by atoms with van der Waals surface area (Å²) >= 11 is 0. The van der Waals surface area contributed by atoms with Crippen LogP contribution in [0.2, 0.25) is 0 Å². The van der Waals surface area contributed by atoms with Crippen molar-refractivity contribution in [2.45, 2.75) is 25.9 Å². The van der Waals surface area contributed by atoms with E-state index in [1.54, 1.807) is 18.3 Å². The molecule has 2 aliphatic rings. The minimum atomic E-state index is -0.0346. The topological polar surface area (TPSA) is 69.5 Å². The first kappa shape index (κ1) is 21.9. The van der Waals surface area contributed by atoms with Gasteiger partial charge in [-0.25, -0.2) is 9.97 Å². The van der Waals surface area contributed by atoms with Crippen LogP contribution in [-0.4, -0.2) is 51.6 Å². The lowest BCUT2D eigenvalue weighted by atomic mass is 10.1. The summed E-state index contributed by atoms with van der Waals surface area (Å²) in [7, 11) is 1.63. The Morgan fingerprint density at radius 2 is 1.94 bits per heavy atom. The van der Waals surface area contributed by atoms with Gasteiger partial charge in [-0.3, -0.25) is 4.79 Å². The second kappa shape index (κ2) is 9.17. The van der Waals surface area contributed by atoms with Crippen molar-refractivity contribution in [3.05, 3.63) is 66.8 Å². The summed E-state index contributed by atoms with van der Waals surface area (Å²) in [4.78, 5) is 22.8. The predicted molar refractivity (Wildman–Crippen MR) is 133 cm³/mol. The number of aromatic nitrogens is 3. The minimum Gasteiger partial charge on any atom is -0.493 e. The van der Waals surface area contributed by atoms with E-state index < -0.39 is 0 Å². The number of piperidine rings is 1. The molecule has 174 valence electrons. The summed E-state index contributed by atoms with van der Waals surface area (Å²) in [5, 5.41) is 0.880. The van der Waals surface area contributed by atoms with Gasteiger partial charge >= 0.3 is 0 Å². The molecule has 34 heavy (non-hydrogen) atoms. The van der Waals surface area contributed by atoms with Crippen LogP contribution in [0.1, 0.15) is 31.0 Å². The lowest BCUT2D eigenvalue weighted by Gasteiger charge is -2.31. The first-order valence-corrected chi connectivity index (χ1v) is 11.6. The van der Waals surface area contributed by atoms with Crippen molar-refractivity contribution < 1.29 is 14.3 Å². The molecule has 1 saturated heterocycles. The highest BCUT2D eigenvalue weighted by Gasteiger charge is 2.24. The molecule has 0 N–H and O–H groups in total. The monoisotopic (exact) mass is 456 g/mol. The largest absolute Gasteiger partial charge is 0.493 e. The minimum absolute atomic E-state index is 0.00861. The van der Waals surface area contributed by atoms with Crippen LogP contribution in [0.25, 0.3) is 28.9 Å². The van der Waals surface area contributed by atoms with Crippen molar-refractivity contribution >= 4 is 29.0 Å². The Labute approximate surface area is 199 Å². The standard InChI is InChI=1S/C27H28N4O3/c1-4-26(32)30-12-10-20(11-13-30)34-25-15-21-22(16-24(25)33-3)28-17-29-27(21)31-14-9-19-7-5-18(2)6-8-23(19)31/h4-9,14-18,20H,1,10-13H2,2-3H3. The average Bonchev–Trinajstić information content (AvgIpc) is 3.18. The molecule has 1 aromatic carbocycles. The van der Waals surface area contributed by atoms with Crippen LogP contribution in [-0.2, 0) is 4.79 Å². The van der Waals surface area contributed by atoms with Gasteiger partial charge < -0.3 is 18.9 Å². The van der Waals surface area contributed by atoms with Crippen LogP contribution in [0.15, 0.2) is 55.5 Å². The first-order valence-electron chi connectivity index (χ1n) is 11.6. The highest BCUT2D eigenvalue weighted by Crippen LogP contribution is 2.36. The number of hydrogen-bond donors (Lipinski definition) is 0. The predicted octanol–water partition coefficient (Wildman–Crippen LogP) is 4.66. The number of ether oxygens (including phenoxy) is 2. The smallest absolute Gasteiger partial charge is 0.245 e. The Bertz CT molecular complexity index is 1300. The zero-order valence-corrected chi connectivity index (χ0v) is 19.5. The molecule has 7 nitrogen and oxygen atoms in total. The van der Waals surface area contributed by atoms with Crippen molar-refractivity contribution in [3.8, 4) is 17.3 Å². The van der Waals surface area contributed by atoms with Crippen LogP contribution in [0.3, 0.4) is 0 Å². The van der Waals surface area contributed by atoms with E-state index in [9.17, 15) is 4.79 Å². The molecule has 5 rings (SSSR count). The van der Waals surface area contributed by atoms with Crippen molar-refractivity contribution in [2.75, 3.05) is 20.2 Å². The number of rotatable bonds is 5. The maximum atomic E-state index is 11.9. The summed E-state index contributed by atoms with van der Waals surface area (Å²) < 4.78 is 14.1. The summed E-state index contributed by atoms with van der Waals surface area (Å²) in [6, 6.07) is 5.96. The fraction of sp³-hybridized carbons (Fsp3) is 0.296. The Morgan fingerprint density at radius 3 is 2.71 bits per heavy atom. The number of allylic oxidation sites excluding steroid dienone is 2. The van der Waals surface area contributed by atoms with Crippen molar-refractivity contribution in [3.63, 3.8) is 0 Å². The van der Waals surface area contributed by atoms with Gasteiger partial charge in [0.05, 0.1) is 18.3 Å². The Balaban J connectivity index is 1.50. The van der Waals surface area contributed by atoms with E-state index in [0.29, 0.717) is 30.5 Å². The van der Waals surface area contributed by atoms with Crippen LogP contribution < -0.4 is 9.47 Å². The maximum absolute atomic E-state index is 11.9. The molecule has 1 aliphatic carbocycles. The molecule has 2 aromatic heterocycles. The van der Waals surface area contributed by atoms with E-state index in [1.807, 2.05) is 18.3 Å². The number of carbonyl (C=O) groups is 1. The number of benzene rings is 1. The first-order chi connectivity index (χ1) is 16.6. The maximum Gasteiger partial charge on any atom is 0.245 e. The molecule has 3 heterocycles. The number of nitrogens with zero attached hydrogens (tertiary/aromatic N) is 4. The zero-order chi connectivity index (χ0) is 23.7. The normalized spacial score (nSPS) is 17.9. The highest BCUT2D eigenvalue weighted by atomic mass is 16.5. The van der Waals surface area contributed by atoms with E-state index in [2.05, 4.69) is 58.4 Å². The molecular formula is C27H28N4O3. The van der Waals surface area contributed by atoms with Gasteiger partial charge in [-0.2, -0.15) is 0 Å². The molecule has 1 unspecified atom stereocenters. The molecule has 1 fully saturated rings. The van der Waals surface area contributed by atoms with Gasteiger partial charge in [0.2, 0.25) is 5.91 Å². The average molecular weight is 457 g/mol. The molecule has 0 radical (unpaired) electrons. The van der Waals surface area contributed by atoms with Crippen LogP contribution in [0, 0.1) is 5.92 Å². The Hall–Kier alpha value is -3.87. The fourth-order valence-electron chi connectivity index (χ4n) is 4.52. The van der Waals surface area contributed by atoms with Crippen molar-refractivity contribution in [1.29, 1.82) is 0 Å². The van der Waals surface area contributed by atoms with E-state index in [0.717, 1.165) is 40.8 Å². The zero-order valence-electron chi connectivity index (χ0n) is 19.5. The third-order valence-corrected chi connectivity index (χ3v) is 6.45. The second-order valence-electron chi connectivity index (χ2n) is 8.67. The van der Waals surface area contributed by atoms with Crippen LogP contribution in [0.4, 0.5) is 0 Å². The van der Waals surface area contributed by atoms with Gasteiger partial charge in [-0.05, 0) is 35.8 Å². The molecule has 0 spiro atoms. The molecule has 1 atom stereocenters. The van der Waals surface area contributed by atoms with Crippen LogP contribution >= 0.6 is 0 Å². The van der Waals surface area contributed by atoms with Gasteiger partial charge in [-0.1, -0.05) is 31.7 Å². The number of likely N-dealkylation sites (tertiary alicyclic amines) is 1. The molecule has 7 heteroatoms. The van der Waals surface area contributed by atoms with E-state index in [4.69, 9.17) is 9.47 Å². The molecule has 0 saturated carbocycles. The number of fused-ring (bicyclic) bond motifs is 2. The number of carbonyl (C=O) groups excluding carboxylic acids is 1. The second-order valence-corrected chi connectivity index (χ2v) is 8.67. The number of methoxy groups -OCH3 is 1. The number of hydrogen-bond acceptors (Lipinski definition) is 5. The van der Waals surface area contributed by atoms with Gasteiger partial charge in [-0.15, -0.1) is 0 Å². The molecule has 1 aliphatic heterocycles. The molecule has 1 amide bonds. The summed E-state index contributed by atoms with van der Waals surface area (Å²) in [5.41, 5.74) is 3.01. The van der Waals surface area contributed by atoms with Crippen molar-refractivity contribution in [2.24, 2.45) is 5.92 Å². The van der Waals surface area contributed by atoms with E-state index >= 15 is 0 Å². The lowest BCUT2D eigenvalue weighted by Crippen LogP contribution is -2.41. The van der Waals surface area contributed by atoms with Gasteiger partial charge in [0, 0.05) is 43.6 Å². The SMILES string of the molecule is C=CC(=O)N1CCC(Oc2cc3c(-n4ccc5c4C=CC(C)C=C5)ncnc3cc2OC)CC1. The van der Waals surface area contributed by atoms with Gasteiger partial charge in [0.25, 0.3) is 0 Å². The van der Waals surface area contributed by atoms with E-state index in [-0.39, 0.29) is 12.0 Å². The van der Waals surface area contributed by atoms with Gasteiger partial charge in [0.1, 0.15) is 18.2 Å². The van der Waals surface area contributed by atoms with Gasteiger partial charge in [0.15, 0.2) is 11.5 Å². The molecule has 3 aromatic rings. The summed E-state index contributed by atoms with van der Waals surface area (Å²) in [6.45, 7) is 7.03. The molecular weight excluding hydrogens is 428 g/mol. The Morgan fingerprint density at radius 1 is 1.15 bits per heavy atom. The number of amides is 1. The Kier molecular flexibility index (Phi) is 5.92. The highest BCUT2D eigenvalue weighted by molar-refractivity contribution is 5.89. The third kappa shape index (κ3) is 4.09. The summed E-state index contributed by atoms with van der Waals surface area (Å²) in [5.74, 6) is 2.41. The van der Waals surface area contributed by atoms with Crippen LogP contribution in [0.5, 0.6) is 11.5 Å². The van der Waals surface area contributed by atoms with E-state index in [1.165, 1.54) is 6.08 Å². The van der Waals surface area contributed by atoms with Crippen molar-refractivity contribution in [1.82, 2.24) is 19.4 Å². The quantitative estimate of drug-likeness (QED) is 0.522. The molecule has 0 bridgehead atoms. The third-order valence-electron chi connectivity index (χ3n) is 6.45. The lowest BCUT2D eigenvalue weighted by molar-refractivity contribution is -0.127. The summed E-state index contributed by atoms with van der Waals surface area (Å²) in [6.07, 6.45) is 15.1. The fourth-order valence-corrected chi connectivity index (χ4v) is 4.52.